The van der Waals surface area contributed by atoms with Crippen LogP contribution in [0.3, 0.4) is 0 Å². The molecule has 3 aliphatic rings. The van der Waals surface area contributed by atoms with Crippen LogP contribution in [-0.2, 0) is 0 Å². The van der Waals surface area contributed by atoms with Gasteiger partial charge >= 0.3 is 0 Å². The van der Waals surface area contributed by atoms with E-state index in [1.54, 1.807) is 0 Å². The van der Waals surface area contributed by atoms with Crippen LogP contribution in [0.25, 0.3) is 11.1 Å². The Morgan fingerprint density at radius 1 is 0.913 bits per heavy atom. The quantitative estimate of drug-likeness (QED) is 0.856. The highest BCUT2D eigenvalue weighted by Crippen LogP contribution is 2.49. The van der Waals surface area contributed by atoms with Crippen molar-refractivity contribution in [1.82, 2.24) is 10.2 Å². The molecule has 2 aromatic carbocycles. The van der Waals surface area contributed by atoms with Gasteiger partial charge in [0.2, 0.25) is 0 Å². The minimum Gasteiger partial charge on any atom is -0.316 e. The van der Waals surface area contributed by atoms with Crippen LogP contribution in [-0.4, -0.2) is 31.1 Å². The second-order valence-corrected chi connectivity index (χ2v) is 7.22. The van der Waals surface area contributed by atoms with Gasteiger partial charge in [0.15, 0.2) is 0 Å². The molecule has 2 nitrogen and oxygen atoms in total. The van der Waals surface area contributed by atoms with Gasteiger partial charge in [0.25, 0.3) is 0 Å². The second-order valence-electron chi connectivity index (χ2n) is 7.22. The Hall–Kier alpha value is -1.35. The van der Waals surface area contributed by atoms with Crippen LogP contribution in [0.1, 0.15) is 30.0 Å². The van der Waals surface area contributed by atoms with Gasteiger partial charge in [0.1, 0.15) is 0 Å². The number of hydrogen-bond acceptors (Lipinski definition) is 2. The molecule has 1 atom stereocenters. The molecule has 3 heteroatoms. The van der Waals surface area contributed by atoms with Crippen molar-refractivity contribution in [3.05, 3.63) is 59.7 Å². The molecule has 120 valence electrons. The first kappa shape index (κ1) is 15.2. The van der Waals surface area contributed by atoms with E-state index >= 15 is 0 Å². The first-order valence-corrected chi connectivity index (χ1v) is 8.49. The molecule has 1 spiro atoms. The van der Waals surface area contributed by atoms with Gasteiger partial charge in [-0.2, -0.15) is 0 Å². The maximum absolute atomic E-state index is 3.58. The lowest BCUT2D eigenvalue weighted by molar-refractivity contribution is 0.239. The zero-order chi connectivity index (χ0) is 14.6. The third-order valence-corrected chi connectivity index (χ3v) is 5.97. The van der Waals surface area contributed by atoms with Gasteiger partial charge in [0.05, 0.1) is 6.04 Å². The summed E-state index contributed by atoms with van der Waals surface area (Å²) in [4.78, 5) is 2.73. The molecule has 2 aromatic rings. The Labute approximate surface area is 144 Å². The van der Waals surface area contributed by atoms with Gasteiger partial charge < -0.3 is 5.32 Å². The normalized spacial score (nSPS) is 26.3. The summed E-state index contributed by atoms with van der Waals surface area (Å²) < 4.78 is 0. The van der Waals surface area contributed by atoms with Crippen molar-refractivity contribution in [2.24, 2.45) is 5.41 Å². The molecule has 2 fully saturated rings. The average molecular weight is 327 g/mol. The molecule has 0 aromatic heterocycles. The zero-order valence-corrected chi connectivity index (χ0v) is 14.1. The molecule has 2 saturated heterocycles. The molecule has 5 rings (SSSR count). The van der Waals surface area contributed by atoms with E-state index in [1.165, 1.54) is 61.3 Å². The fourth-order valence-electron chi connectivity index (χ4n) is 4.86. The Balaban J connectivity index is 0.00000135. The molecule has 1 aliphatic carbocycles. The summed E-state index contributed by atoms with van der Waals surface area (Å²) in [5, 5.41) is 3.58. The van der Waals surface area contributed by atoms with E-state index in [2.05, 4.69) is 58.7 Å². The molecule has 1 N–H and O–H groups in total. The van der Waals surface area contributed by atoms with E-state index in [-0.39, 0.29) is 12.4 Å². The highest BCUT2D eigenvalue weighted by Gasteiger charge is 2.44. The van der Waals surface area contributed by atoms with Crippen LogP contribution < -0.4 is 5.32 Å². The number of rotatable bonds is 1. The SMILES string of the molecule is Cl.c1ccc2c(c1)-c1ccccc1C2N1CCC2(CCNC2)C1. The summed E-state index contributed by atoms with van der Waals surface area (Å²) in [6.07, 6.45) is 2.69. The number of hydrogen-bond donors (Lipinski definition) is 1. The van der Waals surface area contributed by atoms with Gasteiger partial charge in [-0.1, -0.05) is 48.5 Å². The highest BCUT2D eigenvalue weighted by molar-refractivity contribution is 5.85. The molecule has 2 heterocycles. The lowest BCUT2D eigenvalue weighted by Crippen LogP contribution is -2.31. The van der Waals surface area contributed by atoms with Crippen LogP contribution >= 0.6 is 12.4 Å². The maximum atomic E-state index is 3.58. The minimum absolute atomic E-state index is 0. The van der Waals surface area contributed by atoms with Crippen molar-refractivity contribution in [3.63, 3.8) is 0 Å². The third kappa shape index (κ3) is 2.24. The predicted octanol–water partition coefficient (Wildman–Crippen LogP) is 3.86. The van der Waals surface area contributed by atoms with Crippen molar-refractivity contribution >= 4 is 12.4 Å². The minimum atomic E-state index is 0. The van der Waals surface area contributed by atoms with E-state index in [0.29, 0.717) is 11.5 Å². The lowest BCUT2D eigenvalue weighted by Gasteiger charge is -2.28. The first-order valence-electron chi connectivity index (χ1n) is 8.49. The molecule has 0 saturated carbocycles. The fraction of sp³-hybridized carbons (Fsp3) is 0.400. The van der Waals surface area contributed by atoms with Crippen LogP contribution in [0.5, 0.6) is 0 Å². The average Bonchev–Trinajstić information content (AvgIpc) is 3.26. The van der Waals surface area contributed by atoms with Crippen molar-refractivity contribution in [2.75, 3.05) is 26.2 Å². The first-order chi connectivity index (χ1) is 10.9. The molecule has 1 unspecified atom stereocenters. The van der Waals surface area contributed by atoms with E-state index in [4.69, 9.17) is 0 Å². The number of fused-ring (bicyclic) bond motifs is 3. The standard InChI is InChI=1S/C20H22N2.ClH/c1-3-7-17-15(5-1)16-6-2-4-8-18(16)19(17)22-12-10-20(14-22)9-11-21-13-20;/h1-8,19,21H,9-14H2;1H. The number of nitrogens with zero attached hydrogens (tertiary/aromatic N) is 1. The maximum Gasteiger partial charge on any atom is 0.0614 e. The Bertz CT molecular complexity index is 676. The van der Waals surface area contributed by atoms with Gasteiger partial charge in [0, 0.05) is 13.1 Å². The Morgan fingerprint density at radius 2 is 1.57 bits per heavy atom. The van der Waals surface area contributed by atoms with Crippen LogP contribution in [0.2, 0.25) is 0 Å². The molecular formula is C20H23ClN2. The second kappa shape index (κ2) is 5.62. The number of halogens is 1. The summed E-state index contributed by atoms with van der Waals surface area (Å²) in [6, 6.07) is 18.4. The zero-order valence-electron chi connectivity index (χ0n) is 13.3. The summed E-state index contributed by atoms with van der Waals surface area (Å²) in [5.41, 5.74) is 6.42. The fourth-order valence-corrected chi connectivity index (χ4v) is 4.86. The monoisotopic (exact) mass is 326 g/mol. The molecular weight excluding hydrogens is 304 g/mol. The largest absolute Gasteiger partial charge is 0.316 e. The van der Waals surface area contributed by atoms with Crippen LogP contribution in [0.4, 0.5) is 0 Å². The summed E-state index contributed by atoms with van der Waals surface area (Å²) in [5.74, 6) is 0. The summed E-state index contributed by atoms with van der Waals surface area (Å²) in [7, 11) is 0. The van der Waals surface area contributed by atoms with Crippen LogP contribution in [0.15, 0.2) is 48.5 Å². The highest BCUT2D eigenvalue weighted by atomic mass is 35.5. The van der Waals surface area contributed by atoms with Crippen LogP contribution in [0, 0.1) is 5.41 Å². The van der Waals surface area contributed by atoms with Gasteiger partial charge in [-0.15, -0.1) is 12.4 Å². The molecule has 23 heavy (non-hydrogen) atoms. The van der Waals surface area contributed by atoms with Crippen molar-refractivity contribution in [1.29, 1.82) is 0 Å². The summed E-state index contributed by atoms with van der Waals surface area (Å²) >= 11 is 0. The number of benzene rings is 2. The van der Waals surface area contributed by atoms with E-state index in [9.17, 15) is 0 Å². The van der Waals surface area contributed by atoms with E-state index < -0.39 is 0 Å². The molecule has 2 aliphatic heterocycles. The topological polar surface area (TPSA) is 15.3 Å². The number of likely N-dealkylation sites (tertiary alicyclic amines) is 1. The molecule has 0 radical (unpaired) electrons. The van der Waals surface area contributed by atoms with Gasteiger partial charge in [-0.25, -0.2) is 0 Å². The van der Waals surface area contributed by atoms with Gasteiger partial charge in [-0.05, 0) is 53.6 Å². The van der Waals surface area contributed by atoms with Crippen molar-refractivity contribution < 1.29 is 0 Å². The van der Waals surface area contributed by atoms with Crippen molar-refractivity contribution in [2.45, 2.75) is 18.9 Å². The molecule has 0 bridgehead atoms. The van der Waals surface area contributed by atoms with Gasteiger partial charge in [-0.3, -0.25) is 4.90 Å². The predicted molar refractivity (Wildman–Crippen MR) is 97.1 cm³/mol. The van der Waals surface area contributed by atoms with E-state index in [0.717, 1.165) is 0 Å². The molecule has 0 amide bonds. The smallest absolute Gasteiger partial charge is 0.0614 e. The number of nitrogens with one attached hydrogen (secondary N) is 1. The lowest BCUT2D eigenvalue weighted by atomic mass is 9.86. The van der Waals surface area contributed by atoms with Crippen molar-refractivity contribution in [3.8, 4) is 11.1 Å². The third-order valence-electron chi connectivity index (χ3n) is 5.97. The Morgan fingerprint density at radius 3 is 2.17 bits per heavy atom. The Kier molecular flexibility index (Phi) is 3.72. The van der Waals surface area contributed by atoms with E-state index in [1.807, 2.05) is 0 Å². The summed E-state index contributed by atoms with van der Waals surface area (Å²) in [6.45, 7) is 4.88.